The quantitative estimate of drug-likeness (QED) is 0.495. The molecule has 168 valence electrons. The summed E-state index contributed by atoms with van der Waals surface area (Å²) in [5.41, 5.74) is 0. The first kappa shape index (κ1) is 23.7. The maximum absolute atomic E-state index is 12.1. The number of ether oxygens (including phenoxy) is 2. The van der Waals surface area contributed by atoms with Crippen molar-refractivity contribution in [1.82, 2.24) is 10.6 Å². The van der Waals surface area contributed by atoms with Gasteiger partial charge in [-0.2, -0.15) is 0 Å². The van der Waals surface area contributed by atoms with Gasteiger partial charge in [0.2, 0.25) is 0 Å². The number of aliphatic hydroxyl groups excluding tert-OH is 1. The van der Waals surface area contributed by atoms with Crippen LogP contribution < -0.4 is 20.1 Å². The van der Waals surface area contributed by atoms with Gasteiger partial charge in [-0.1, -0.05) is 23.2 Å². The Morgan fingerprint density at radius 3 is 2.00 bits per heavy atom. The number of rotatable bonds is 10. The van der Waals surface area contributed by atoms with Crippen LogP contribution >= 0.6 is 23.2 Å². The Balaban J connectivity index is 1.27. The van der Waals surface area contributed by atoms with E-state index >= 15 is 0 Å². The van der Waals surface area contributed by atoms with Gasteiger partial charge in [0, 0.05) is 28.7 Å². The lowest BCUT2D eigenvalue weighted by Gasteiger charge is -2.30. The molecule has 6 nitrogen and oxygen atoms in total. The highest BCUT2D eigenvalue weighted by molar-refractivity contribution is 6.30. The third-order valence-corrected chi connectivity index (χ3v) is 5.68. The van der Waals surface area contributed by atoms with E-state index in [4.69, 9.17) is 32.7 Å². The number of amides is 1. The normalized spacial score (nSPS) is 19.5. The van der Waals surface area contributed by atoms with E-state index in [1.54, 1.807) is 48.5 Å². The molecule has 0 aromatic heterocycles. The van der Waals surface area contributed by atoms with Gasteiger partial charge in [-0.25, -0.2) is 0 Å². The molecule has 0 heterocycles. The van der Waals surface area contributed by atoms with Crippen LogP contribution in [0.15, 0.2) is 48.5 Å². The van der Waals surface area contributed by atoms with Crippen molar-refractivity contribution < 1.29 is 19.4 Å². The van der Waals surface area contributed by atoms with Crippen LogP contribution in [0.4, 0.5) is 0 Å². The van der Waals surface area contributed by atoms with E-state index < -0.39 is 6.10 Å². The van der Waals surface area contributed by atoms with Gasteiger partial charge in [0.05, 0.1) is 0 Å². The maximum atomic E-state index is 12.1. The molecule has 31 heavy (non-hydrogen) atoms. The fraction of sp³-hybridized carbons (Fsp3) is 0.435. The third-order valence-electron chi connectivity index (χ3n) is 5.17. The number of benzene rings is 2. The predicted molar refractivity (Wildman–Crippen MR) is 122 cm³/mol. The van der Waals surface area contributed by atoms with Gasteiger partial charge >= 0.3 is 0 Å². The molecule has 0 radical (unpaired) electrons. The minimum Gasteiger partial charge on any atom is -0.491 e. The van der Waals surface area contributed by atoms with Gasteiger partial charge < -0.3 is 25.2 Å². The van der Waals surface area contributed by atoms with Crippen molar-refractivity contribution in [3.8, 4) is 11.5 Å². The average molecular weight is 467 g/mol. The summed E-state index contributed by atoms with van der Waals surface area (Å²) in [5, 5.41) is 17.8. The van der Waals surface area contributed by atoms with E-state index in [1.807, 2.05) is 0 Å². The summed E-state index contributed by atoms with van der Waals surface area (Å²) in [6.07, 6.45) is 3.06. The highest BCUT2D eigenvalue weighted by atomic mass is 35.5. The number of hydrogen-bond donors (Lipinski definition) is 3. The molecular formula is C23H28Cl2N2O4. The summed E-state index contributed by atoms with van der Waals surface area (Å²) >= 11 is 11.7. The SMILES string of the molecule is O=C(COc1ccc(Cl)cc1)N[C@H]1CC[C@@H](NC[C@@H](O)COc2ccc(Cl)cc2)CC1. The van der Waals surface area contributed by atoms with Crippen LogP contribution in [0, 0.1) is 0 Å². The summed E-state index contributed by atoms with van der Waals surface area (Å²) in [5.74, 6) is 1.17. The van der Waals surface area contributed by atoms with E-state index in [9.17, 15) is 9.90 Å². The number of carbonyl (C=O) groups excluding carboxylic acids is 1. The van der Waals surface area contributed by atoms with Gasteiger partial charge in [-0.3, -0.25) is 4.79 Å². The van der Waals surface area contributed by atoms with Crippen LogP contribution in [0.5, 0.6) is 11.5 Å². The van der Waals surface area contributed by atoms with E-state index in [0.717, 1.165) is 25.7 Å². The molecule has 1 atom stereocenters. The molecule has 1 amide bonds. The minimum absolute atomic E-state index is 0.0143. The van der Waals surface area contributed by atoms with Gasteiger partial charge in [0.25, 0.3) is 5.91 Å². The lowest BCUT2D eigenvalue weighted by molar-refractivity contribution is -0.124. The fourth-order valence-corrected chi connectivity index (χ4v) is 3.73. The zero-order chi connectivity index (χ0) is 22.1. The van der Waals surface area contributed by atoms with Crippen molar-refractivity contribution in [3.05, 3.63) is 58.6 Å². The zero-order valence-electron chi connectivity index (χ0n) is 17.2. The van der Waals surface area contributed by atoms with Crippen molar-refractivity contribution in [1.29, 1.82) is 0 Å². The lowest BCUT2D eigenvalue weighted by atomic mass is 9.91. The van der Waals surface area contributed by atoms with Gasteiger partial charge in [0.15, 0.2) is 6.61 Å². The van der Waals surface area contributed by atoms with Crippen LogP contribution in [-0.4, -0.2) is 49.0 Å². The molecule has 0 saturated heterocycles. The maximum Gasteiger partial charge on any atom is 0.258 e. The first-order valence-corrected chi connectivity index (χ1v) is 11.2. The molecule has 1 aliphatic rings. The van der Waals surface area contributed by atoms with Gasteiger partial charge in [0.1, 0.15) is 24.2 Å². The Hall–Kier alpha value is -1.99. The molecule has 0 spiro atoms. The van der Waals surface area contributed by atoms with Gasteiger partial charge in [-0.05, 0) is 74.2 Å². The smallest absolute Gasteiger partial charge is 0.258 e. The van der Waals surface area contributed by atoms with Gasteiger partial charge in [-0.15, -0.1) is 0 Å². The van der Waals surface area contributed by atoms with Crippen LogP contribution in [-0.2, 0) is 4.79 Å². The molecule has 8 heteroatoms. The van der Waals surface area contributed by atoms with Crippen molar-refractivity contribution >= 4 is 29.1 Å². The molecule has 1 saturated carbocycles. The first-order chi connectivity index (χ1) is 15.0. The molecule has 2 aromatic rings. The number of carbonyl (C=O) groups is 1. The highest BCUT2D eigenvalue weighted by Gasteiger charge is 2.23. The van der Waals surface area contributed by atoms with E-state index in [2.05, 4.69) is 10.6 Å². The Labute approximate surface area is 192 Å². The van der Waals surface area contributed by atoms with E-state index in [1.165, 1.54) is 0 Å². The average Bonchev–Trinajstić information content (AvgIpc) is 2.78. The van der Waals surface area contributed by atoms with Crippen molar-refractivity contribution in [2.45, 2.75) is 43.9 Å². The lowest BCUT2D eigenvalue weighted by Crippen LogP contribution is -2.45. The highest BCUT2D eigenvalue weighted by Crippen LogP contribution is 2.19. The summed E-state index contributed by atoms with van der Waals surface area (Å²) in [6.45, 7) is 0.664. The molecule has 1 aliphatic carbocycles. The Morgan fingerprint density at radius 2 is 1.42 bits per heavy atom. The topological polar surface area (TPSA) is 79.8 Å². The largest absolute Gasteiger partial charge is 0.491 e. The van der Waals surface area contributed by atoms with E-state index in [0.29, 0.717) is 34.1 Å². The molecule has 3 N–H and O–H groups in total. The Bertz CT molecular complexity index is 809. The number of halogens is 2. The summed E-state index contributed by atoms with van der Waals surface area (Å²) in [6, 6.07) is 14.5. The van der Waals surface area contributed by atoms with E-state index in [-0.39, 0.29) is 25.2 Å². The second kappa shape index (κ2) is 12.2. The molecule has 1 fully saturated rings. The summed E-state index contributed by atoms with van der Waals surface area (Å²) in [4.78, 5) is 12.1. The third kappa shape index (κ3) is 8.57. The number of aliphatic hydroxyl groups is 1. The van der Waals surface area contributed by atoms with Crippen molar-refractivity contribution in [2.24, 2.45) is 0 Å². The fourth-order valence-electron chi connectivity index (χ4n) is 3.48. The number of hydrogen-bond acceptors (Lipinski definition) is 5. The van der Waals surface area contributed by atoms with Crippen molar-refractivity contribution in [2.75, 3.05) is 19.8 Å². The molecule has 0 bridgehead atoms. The second-order valence-corrected chi connectivity index (χ2v) is 8.56. The minimum atomic E-state index is -0.599. The molecular weight excluding hydrogens is 439 g/mol. The van der Waals surface area contributed by atoms with Crippen LogP contribution in [0.2, 0.25) is 10.0 Å². The van der Waals surface area contributed by atoms with Crippen LogP contribution in [0.3, 0.4) is 0 Å². The molecule has 0 unspecified atom stereocenters. The molecule has 2 aromatic carbocycles. The second-order valence-electron chi connectivity index (χ2n) is 7.69. The molecule has 3 rings (SSSR count). The summed E-state index contributed by atoms with van der Waals surface area (Å²) in [7, 11) is 0. The Kier molecular flexibility index (Phi) is 9.28. The predicted octanol–water partition coefficient (Wildman–Crippen LogP) is 3.83. The zero-order valence-corrected chi connectivity index (χ0v) is 18.7. The number of nitrogens with one attached hydrogen (secondary N) is 2. The standard InChI is InChI=1S/C23H28Cl2N2O4/c24-16-1-9-21(10-2-16)30-14-20(28)13-26-18-5-7-19(8-6-18)27-23(29)15-31-22-11-3-17(25)4-12-22/h1-4,9-12,18-20,26,28H,5-8,13-15H2,(H,27,29)/t18-,19+,20-/m1/s1. The van der Waals surface area contributed by atoms with Crippen LogP contribution in [0.1, 0.15) is 25.7 Å². The van der Waals surface area contributed by atoms with Crippen molar-refractivity contribution in [3.63, 3.8) is 0 Å². The Morgan fingerprint density at radius 1 is 0.903 bits per heavy atom. The molecule has 0 aliphatic heterocycles. The monoisotopic (exact) mass is 466 g/mol. The first-order valence-electron chi connectivity index (χ1n) is 10.5. The summed E-state index contributed by atoms with van der Waals surface area (Å²) < 4.78 is 11.1. The van der Waals surface area contributed by atoms with Crippen LogP contribution in [0.25, 0.3) is 0 Å².